The van der Waals surface area contributed by atoms with E-state index in [1.807, 2.05) is 13.8 Å². The zero-order valence-electron chi connectivity index (χ0n) is 15.2. The van der Waals surface area contributed by atoms with E-state index in [0.29, 0.717) is 38.5 Å². The first kappa shape index (κ1) is 19.1. The lowest BCUT2D eigenvalue weighted by atomic mass is 10.1. The first-order valence-electron chi connectivity index (χ1n) is 9.18. The number of nitrogens with one attached hydrogen (secondary N) is 1. The van der Waals surface area contributed by atoms with Crippen LogP contribution in [0.1, 0.15) is 20.3 Å². The van der Waals surface area contributed by atoms with Crippen molar-refractivity contribution in [3.05, 3.63) is 30.1 Å². The average Bonchev–Trinajstić information content (AvgIpc) is 2.91. The van der Waals surface area contributed by atoms with Crippen molar-refractivity contribution in [3.8, 4) is 5.75 Å². The van der Waals surface area contributed by atoms with Crippen molar-refractivity contribution in [3.63, 3.8) is 0 Å². The van der Waals surface area contributed by atoms with Gasteiger partial charge in [-0.05, 0) is 12.1 Å². The Bertz CT molecular complexity index is 621. The van der Waals surface area contributed by atoms with Crippen LogP contribution in [0.3, 0.4) is 0 Å². The van der Waals surface area contributed by atoms with Gasteiger partial charge in [-0.1, -0.05) is 19.9 Å². The minimum atomic E-state index is -0.783. The van der Waals surface area contributed by atoms with Gasteiger partial charge in [0, 0.05) is 31.5 Å². The Balaban J connectivity index is 1.76. The van der Waals surface area contributed by atoms with E-state index in [1.165, 1.54) is 12.1 Å². The Kier molecular flexibility index (Phi) is 6.11. The number of carbonyl (C=O) groups is 1. The Hall–Kier alpha value is -1.70. The normalized spacial score (nSPS) is 29.7. The van der Waals surface area contributed by atoms with Crippen LogP contribution in [0.5, 0.6) is 5.75 Å². The standard InChI is InChI=1S/C19H27FN2O4/c1-12(2)19(24)21-15-11-16(26-14-5-3-4-13(20)10-14)18(23)17(15)22-6-8-25-9-7-22/h3-5,10,12,15-18,23H,6-9,11H2,1-2H3,(H,21,24)/t15-,16-,17+,18+/m1/s1. The first-order valence-corrected chi connectivity index (χ1v) is 9.18. The highest BCUT2D eigenvalue weighted by Gasteiger charge is 2.47. The van der Waals surface area contributed by atoms with Crippen LogP contribution in [0.15, 0.2) is 24.3 Å². The minimum absolute atomic E-state index is 0.0492. The van der Waals surface area contributed by atoms with E-state index >= 15 is 0 Å². The van der Waals surface area contributed by atoms with Crippen LogP contribution in [0, 0.1) is 11.7 Å². The molecule has 144 valence electrons. The second-order valence-electron chi connectivity index (χ2n) is 7.25. The Morgan fingerprint density at radius 2 is 2.12 bits per heavy atom. The molecule has 2 aliphatic rings. The third-order valence-corrected chi connectivity index (χ3v) is 5.03. The largest absolute Gasteiger partial charge is 0.487 e. The molecule has 3 rings (SSSR count). The zero-order valence-corrected chi connectivity index (χ0v) is 15.2. The van der Waals surface area contributed by atoms with Crippen molar-refractivity contribution in [2.45, 2.75) is 44.6 Å². The molecule has 1 amide bonds. The van der Waals surface area contributed by atoms with Crippen LogP contribution in [0.2, 0.25) is 0 Å². The molecule has 0 aromatic heterocycles. The Labute approximate surface area is 153 Å². The number of aliphatic hydroxyl groups excluding tert-OH is 1. The van der Waals surface area contributed by atoms with Gasteiger partial charge in [0.15, 0.2) is 0 Å². The summed E-state index contributed by atoms with van der Waals surface area (Å²) in [6, 6.07) is 5.41. The van der Waals surface area contributed by atoms with E-state index in [9.17, 15) is 14.3 Å². The number of amides is 1. The number of benzene rings is 1. The van der Waals surface area contributed by atoms with Crippen molar-refractivity contribution in [2.24, 2.45) is 5.92 Å². The topological polar surface area (TPSA) is 71.0 Å². The number of aliphatic hydroxyl groups is 1. The summed E-state index contributed by atoms with van der Waals surface area (Å²) in [5.74, 6) is -0.192. The van der Waals surface area contributed by atoms with E-state index in [1.54, 1.807) is 12.1 Å². The monoisotopic (exact) mass is 366 g/mol. The van der Waals surface area contributed by atoms with Gasteiger partial charge < -0.3 is 19.9 Å². The van der Waals surface area contributed by atoms with Crippen LogP contribution in [0.25, 0.3) is 0 Å². The van der Waals surface area contributed by atoms with E-state index < -0.39 is 12.2 Å². The van der Waals surface area contributed by atoms with Gasteiger partial charge in [0.2, 0.25) is 5.91 Å². The molecule has 1 heterocycles. The van der Waals surface area contributed by atoms with Gasteiger partial charge in [-0.3, -0.25) is 9.69 Å². The lowest BCUT2D eigenvalue weighted by molar-refractivity contribution is -0.125. The highest BCUT2D eigenvalue weighted by atomic mass is 19.1. The molecule has 0 bridgehead atoms. The molecule has 6 nitrogen and oxygen atoms in total. The van der Waals surface area contributed by atoms with Gasteiger partial charge in [0.25, 0.3) is 0 Å². The quantitative estimate of drug-likeness (QED) is 0.819. The number of ether oxygens (including phenoxy) is 2. The van der Waals surface area contributed by atoms with Crippen molar-refractivity contribution in [1.82, 2.24) is 10.2 Å². The Morgan fingerprint density at radius 3 is 2.77 bits per heavy atom. The molecule has 1 aromatic rings. The van der Waals surface area contributed by atoms with Gasteiger partial charge >= 0.3 is 0 Å². The van der Waals surface area contributed by atoms with Crippen LogP contribution in [-0.2, 0) is 9.53 Å². The second-order valence-corrected chi connectivity index (χ2v) is 7.25. The molecular formula is C19H27FN2O4. The molecule has 26 heavy (non-hydrogen) atoms. The van der Waals surface area contributed by atoms with E-state index in [4.69, 9.17) is 9.47 Å². The average molecular weight is 366 g/mol. The molecular weight excluding hydrogens is 339 g/mol. The molecule has 1 aliphatic carbocycles. The molecule has 7 heteroatoms. The van der Waals surface area contributed by atoms with Crippen LogP contribution in [0.4, 0.5) is 4.39 Å². The minimum Gasteiger partial charge on any atom is -0.487 e. The summed E-state index contributed by atoms with van der Waals surface area (Å²) in [6.45, 7) is 6.27. The number of hydrogen-bond acceptors (Lipinski definition) is 5. The summed E-state index contributed by atoms with van der Waals surface area (Å²) in [5.41, 5.74) is 0. The number of carbonyl (C=O) groups excluding carboxylic acids is 1. The van der Waals surface area contributed by atoms with Gasteiger partial charge in [0.1, 0.15) is 23.8 Å². The third kappa shape index (κ3) is 4.34. The molecule has 2 N–H and O–H groups in total. The van der Waals surface area contributed by atoms with Gasteiger partial charge in [-0.2, -0.15) is 0 Å². The number of halogens is 1. The van der Waals surface area contributed by atoms with Crippen molar-refractivity contribution in [1.29, 1.82) is 0 Å². The fourth-order valence-corrected chi connectivity index (χ4v) is 3.66. The van der Waals surface area contributed by atoms with Crippen LogP contribution >= 0.6 is 0 Å². The summed E-state index contributed by atoms with van der Waals surface area (Å²) < 4.78 is 24.7. The number of hydrogen-bond donors (Lipinski definition) is 2. The van der Waals surface area contributed by atoms with Crippen molar-refractivity contribution >= 4 is 5.91 Å². The fraction of sp³-hybridized carbons (Fsp3) is 0.632. The smallest absolute Gasteiger partial charge is 0.222 e. The molecule has 0 spiro atoms. The summed E-state index contributed by atoms with van der Waals surface area (Å²) in [5, 5.41) is 13.9. The highest BCUT2D eigenvalue weighted by Crippen LogP contribution is 2.30. The predicted molar refractivity (Wildman–Crippen MR) is 94.4 cm³/mol. The molecule has 1 aromatic carbocycles. The zero-order chi connectivity index (χ0) is 18.7. The number of morpholine rings is 1. The SMILES string of the molecule is CC(C)C(=O)N[C@@H]1C[C@@H](Oc2cccc(F)c2)[C@H](O)[C@H]1N1CCOCC1. The third-order valence-electron chi connectivity index (χ3n) is 5.03. The lowest BCUT2D eigenvalue weighted by Crippen LogP contribution is -2.56. The molecule has 1 aliphatic heterocycles. The molecule has 0 radical (unpaired) electrons. The maximum Gasteiger partial charge on any atom is 0.222 e. The number of rotatable bonds is 5. The maximum absolute atomic E-state index is 13.4. The number of nitrogens with zero attached hydrogens (tertiary/aromatic N) is 1. The summed E-state index contributed by atoms with van der Waals surface area (Å²) in [6.07, 6.45) is -0.825. The first-order chi connectivity index (χ1) is 12.5. The molecule has 4 atom stereocenters. The van der Waals surface area contributed by atoms with Gasteiger partial charge in [-0.15, -0.1) is 0 Å². The van der Waals surface area contributed by atoms with E-state index in [2.05, 4.69) is 10.2 Å². The molecule has 1 saturated heterocycles. The van der Waals surface area contributed by atoms with Gasteiger partial charge in [0.05, 0.1) is 25.3 Å². The molecule has 1 saturated carbocycles. The second kappa shape index (κ2) is 8.33. The van der Waals surface area contributed by atoms with Crippen molar-refractivity contribution in [2.75, 3.05) is 26.3 Å². The van der Waals surface area contributed by atoms with Crippen LogP contribution in [-0.4, -0.2) is 66.5 Å². The summed E-state index contributed by atoms with van der Waals surface area (Å²) in [7, 11) is 0. The van der Waals surface area contributed by atoms with E-state index in [0.717, 1.165) is 0 Å². The van der Waals surface area contributed by atoms with Crippen molar-refractivity contribution < 1.29 is 23.8 Å². The maximum atomic E-state index is 13.4. The van der Waals surface area contributed by atoms with Crippen LogP contribution < -0.4 is 10.1 Å². The fourth-order valence-electron chi connectivity index (χ4n) is 3.66. The summed E-state index contributed by atoms with van der Waals surface area (Å²) >= 11 is 0. The predicted octanol–water partition coefficient (Wildman–Crippen LogP) is 1.18. The lowest BCUT2D eigenvalue weighted by Gasteiger charge is -2.37. The molecule has 0 unspecified atom stereocenters. The molecule has 2 fully saturated rings. The van der Waals surface area contributed by atoms with E-state index in [-0.39, 0.29) is 29.7 Å². The highest BCUT2D eigenvalue weighted by molar-refractivity contribution is 5.78. The Morgan fingerprint density at radius 1 is 1.38 bits per heavy atom. The van der Waals surface area contributed by atoms with Gasteiger partial charge in [-0.25, -0.2) is 4.39 Å². The summed E-state index contributed by atoms with van der Waals surface area (Å²) in [4.78, 5) is 14.4.